The van der Waals surface area contributed by atoms with Crippen molar-refractivity contribution in [1.29, 1.82) is 0 Å². The highest BCUT2D eigenvalue weighted by Gasteiger charge is 2.15. The van der Waals surface area contributed by atoms with Crippen LogP contribution in [0.3, 0.4) is 0 Å². The van der Waals surface area contributed by atoms with E-state index in [1.54, 1.807) is 6.20 Å². The summed E-state index contributed by atoms with van der Waals surface area (Å²) in [6, 6.07) is 3.08. The Morgan fingerprint density at radius 2 is 2.38 bits per heavy atom. The average Bonchev–Trinajstić information content (AvgIpc) is 2.77. The molecular formula is C10H12N4O2. The predicted octanol–water partition coefficient (Wildman–Crippen LogP) is 0.432. The summed E-state index contributed by atoms with van der Waals surface area (Å²) < 4.78 is 4.93. The van der Waals surface area contributed by atoms with Crippen LogP contribution in [0.15, 0.2) is 22.9 Å². The second kappa shape index (κ2) is 4.38. The van der Waals surface area contributed by atoms with E-state index in [0.717, 1.165) is 5.56 Å². The van der Waals surface area contributed by atoms with Gasteiger partial charge in [0.2, 0.25) is 11.7 Å². The largest absolute Gasteiger partial charge is 0.394 e. The van der Waals surface area contributed by atoms with Crippen LogP contribution in [-0.4, -0.2) is 26.8 Å². The van der Waals surface area contributed by atoms with Crippen LogP contribution in [0, 0.1) is 6.92 Å². The van der Waals surface area contributed by atoms with E-state index < -0.39 is 6.04 Å². The highest BCUT2D eigenvalue weighted by Crippen LogP contribution is 2.16. The highest BCUT2D eigenvalue weighted by molar-refractivity contribution is 5.48. The maximum Gasteiger partial charge on any atom is 0.246 e. The lowest BCUT2D eigenvalue weighted by Crippen LogP contribution is -2.14. The first-order valence-electron chi connectivity index (χ1n) is 4.84. The number of hydrogen-bond acceptors (Lipinski definition) is 6. The van der Waals surface area contributed by atoms with Crippen molar-refractivity contribution in [2.24, 2.45) is 5.73 Å². The maximum absolute atomic E-state index is 8.84. The Labute approximate surface area is 92.1 Å². The molecule has 2 aromatic rings. The van der Waals surface area contributed by atoms with Gasteiger partial charge in [0, 0.05) is 6.20 Å². The molecule has 0 spiro atoms. The van der Waals surface area contributed by atoms with Gasteiger partial charge in [-0.05, 0) is 24.6 Å². The zero-order chi connectivity index (χ0) is 11.5. The van der Waals surface area contributed by atoms with Crippen molar-refractivity contribution in [1.82, 2.24) is 15.1 Å². The number of aliphatic hydroxyl groups is 1. The molecule has 2 aromatic heterocycles. The molecule has 6 nitrogen and oxygen atoms in total. The molecule has 0 amide bonds. The van der Waals surface area contributed by atoms with Gasteiger partial charge in [0.15, 0.2) is 0 Å². The lowest BCUT2D eigenvalue weighted by Gasteiger charge is -1.98. The van der Waals surface area contributed by atoms with Gasteiger partial charge in [-0.2, -0.15) is 4.98 Å². The number of pyridine rings is 1. The Kier molecular flexibility index (Phi) is 2.93. The van der Waals surface area contributed by atoms with Crippen molar-refractivity contribution in [3.8, 4) is 11.5 Å². The second-order valence-electron chi connectivity index (χ2n) is 3.46. The molecular weight excluding hydrogens is 208 g/mol. The fraction of sp³-hybridized carbons (Fsp3) is 0.300. The van der Waals surface area contributed by atoms with Gasteiger partial charge in [0.05, 0.1) is 6.61 Å². The van der Waals surface area contributed by atoms with Crippen molar-refractivity contribution in [3.05, 3.63) is 29.8 Å². The molecule has 0 aliphatic carbocycles. The molecule has 2 heterocycles. The summed E-state index contributed by atoms with van der Waals surface area (Å²) >= 11 is 0. The molecule has 0 saturated carbocycles. The molecule has 6 heteroatoms. The molecule has 2 rings (SSSR count). The molecule has 1 unspecified atom stereocenters. The van der Waals surface area contributed by atoms with E-state index in [9.17, 15) is 0 Å². The Hall–Kier alpha value is -1.79. The summed E-state index contributed by atoms with van der Waals surface area (Å²) in [6.07, 6.45) is 1.67. The van der Waals surface area contributed by atoms with Crippen molar-refractivity contribution >= 4 is 0 Å². The molecule has 0 saturated heterocycles. The van der Waals surface area contributed by atoms with E-state index in [2.05, 4.69) is 15.1 Å². The average molecular weight is 220 g/mol. The van der Waals surface area contributed by atoms with E-state index in [-0.39, 0.29) is 12.5 Å². The van der Waals surface area contributed by atoms with E-state index in [1.807, 2.05) is 19.1 Å². The van der Waals surface area contributed by atoms with Crippen LogP contribution >= 0.6 is 0 Å². The Balaban J connectivity index is 2.31. The van der Waals surface area contributed by atoms with Gasteiger partial charge in [-0.3, -0.25) is 4.98 Å². The Morgan fingerprint density at radius 1 is 1.56 bits per heavy atom. The number of aryl methyl sites for hydroxylation is 1. The SMILES string of the molecule is Cc1ccnc(-c2noc(C(N)CO)n2)c1. The van der Waals surface area contributed by atoms with Crippen LogP contribution in [0.5, 0.6) is 0 Å². The van der Waals surface area contributed by atoms with E-state index in [1.165, 1.54) is 0 Å². The van der Waals surface area contributed by atoms with Crippen molar-refractivity contribution in [2.75, 3.05) is 6.61 Å². The minimum absolute atomic E-state index is 0.209. The highest BCUT2D eigenvalue weighted by atomic mass is 16.5. The summed E-state index contributed by atoms with van der Waals surface area (Å²) in [4.78, 5) is 8.19. The Morgan fingerprint density at radius 3 is 3.06 bits per heavy atom. The van der Waals surface area contributed by atoms with Gasteiger partial charge in [0.1, 0.15) is 11.7 Å². The predicted molar refractivity (Wildman–Crippen MR) is 56.3 cm³/mol. The zero-order valence-corrected chi connectivity index (χ0v) is 8.79. The standard InChI is InChI=1S/C10H12N4O2/c1-6-2-3-12-8(4-6)9-13-10(16-14-9)7(11)5-15/h2-4,7,15H,5,11H2,1H3. The van der Waals surface area contributed by atoms with Crippen LogP contribution in [0.4, 0.5) is 0 Å². The second-order valence-corrected chi connectivity index (χ2v) is 3.46. The normalized spacial score (nSPS) is 12.7. The third-order valence-electron chi connectivity index (χ3n) is 2.10. The van der Waals surface area contributed by atoms with Gasteiger partial charge in [-0.1, -0.05) is 5.16 Å². The molecule has 0 fully saturated rings. The molecule has 0 radical (unpaired) electrons. The van der Waals surface area contributed by atoms with Gasteiger partial charge in [-0.25, -0.2) is 0 Å². The number of aliphatic hydroxyl groups excluding tert-OH is 1. The fourth-order valence-corrected chi connectivity index (χ4v) is 1.23. The van der Waals surface area contributed by atoms with Crippen molar-refractivity contribution in [2.45, 2.75) is 13.0 Å². The third-order valence-corrected chi connectivity index (χ3v) is 2.10. The summed E-state index contributed by atoms with van der Waals surface area (Å²) in [6.45, 7) is 1.72. The van der Waals surface area contributed by atoms with Crippen LogP contribution < -0.4 is 5.73 Å². The molecule has 0 aliphatic heterocycles. The number of hydrogen-bond donors (Lipinski definition) is 2. The number of nitrogens with zero attached hydrogens (tertiary/aromatic N) is 3. The van der Waals surface area contributed by atoms with Crippen LogP contribution in [0.25, 0.3) is 11.5 Å². The third kappa shape index (κ3) is 2.07. The first-order valence-corrected chi connectivity index (χ1v) is 4.84. The fourth-order valence-electron chi connectivity index (χ4n) is 1.23. The van der Waals surface area contributed by atoms with Crippen molar-refractivity contribution < 1.29 is 9.63 Å². The lowest BCUT2D eigenvalue weighted by molar-refractivity contribution is 0.237. The smallest absolute Gasteiger partial charge is 0.246 e. The van der Waals surface area contributed by atoms with E-state index in [4.69, 9.17) is 15.4 Å². The van der Waals surface area contributed by atoms with E-state index in [0.29, 0.717) is 11.5 Å². The van der Waals surface area contributed by atoms with Gasteiger partial charge in [0.25, 0.3) is 0 Å². The molecule has 0 aromatic carbocycles. The monoisotopic (exact) mass is 220 g/mol. The maximum atomic E-state index is 8.84. The first-order chi connectivity index (χ1) is 7.70. The van der Waals surface area contributed by atoms with Crippen LogP contribution in [0.1, 0.15) is 17.5 Å². The zero-order valence-electron chi connectivity index (χ0n) is 8.79. The van der Waals surface area contributed by atoms with Gasteiger partial charge < -0.3 is 15.4 Å². The molecule has 0 bridgehead atoms. The summed E-state index contributed by atoms with van der Waals surface area (Å²) in [7, 11) is 0. The molecule has 1 atom stereocenters. The number of aromatic nitrogens is 3. The van der Waals surface area contributed by atoms with Crippen molar-refractivity contribution in [3.63, 3.8) is 0 Å². The number of rotatable bonds is 3. The quantitative estimate of drug-likeness (QED) is 0.778. The number of nitrogens with two attached hydrogens (primary N) is 1. The van der Waals surface area contributed by atoms with Gasteiger partial charge in [-0.15, -0.1) is 0 Å². The van der Waals surface area contributed by atoms with Gasteiger partial charge >= 0.3 is 0 Å². The first kappa shape index (κ1) is 10.7. The topological polar surface area (TPSA) is 98.1 Å². The molecule has 84 valence electrons. The molecule has 3 N–H and O–H groups in total. The van der Waals surface area contributed by atoms with Crippen LogP contribution in [-0.2, 0) is 0 Å². The summed E-state index contributed by atoms with van der Waals surface area (Å²) in [5.74, 6) is 0.586. The Bertz CT molecular complexity index is 483. The minimum atomic E-state index is -0.647. The van der Waals surface area contributed by atoms with Crippen LogP contribution in [0.2, 0.25) is 0 Å². The minimum Gasteiger partial charge on any atom is -0.394 e. The summed E-state index contributed by atoms with van der Waals surface area (Å²) in [5, 5.41) is 12.6. The molecule has 16 heavy (non-hydrogen) atoms. The lowest BCUT2D eigenvalue weighted by atomic mass is 10.2. The summed E-state index contributed by atoms with van der Waals surface area (Å²) in [5.41, 5.74) is 7.23. The van der Waals surface area contributed by atoms with E-state index >= 15 is 0 Å². The molecule has 0 aliphatic rings.